The molecule has 7 heavy (non-hydrogen) atoms. The van der Waals surface area contributed by atoms with E-state index in [1.807, 2.05) is 4.90 Å². The summed E-state index contributed by atoms with van der Waals surface area (Å²) < 4.78 is 0. The highest BCUT2D eigenvalue weighted by atomic mass is 15.1. The lowest BCUT2D eigenvalue weighted by Gasteiger charge is -2.03. The van der Waals surface area contributed by atoms with Crippen LogP contribution in [0.4, 0.5) is 0 Å². The first-order chi connectivity index (χ1) is 3.43. The molecule has 0 amide bonds. The second-order valence-electron chi connectivity index (χ2n) is 1.81. The summed E-state index contributed by atoms with van der Waals surface area (Å²) in [4.78, 5) is 1.90. The Morgan fingerprint density at radius 2 is 1.86 bits per heavy atom. The van der Waals surface area contributed by atoms with E-state index < -0.39 is 0 Å². The maximum Gasteiger partial charge on any atom is 0.0261 e. The van der Waals surface area contributed by atoms with E-state index >= 15 is 0 Å². The number of hydrogen-bond acceptors (Lipinski definition) is 1. The quantitative estimate of drug-likeness (QED) is 0.398. The SMILES string of the molecule is [C]#CN1CCCC1. The number of hydrogen-bond donors (Lipinski definition) is 0. The van der Waals surface area contributed by atoms with Crippen LogP contribution in [-0.4, -0.2) is 18.0 Å². The van der Waals surface area contributed by atoms with Gasteiger partial charge in [0, 0.05) is 25.6 Å². The molecular formula is C6H8N. The van der Waals surface area contributed by atoms with E-state index in [2.05, 4.69) is 6.04 Å². The van der Waals surface area contributed by atoms with E-state index in [-0.39, 0.29) is 0 Å². The predicted molar refractivity (Wildman–Crippen MR) is 27.9 cm³/mol. The molecule has 1 heterocycles. The lowest BCUT2D eigenvalue weighted by atomic mass is 10.4. The first-order valence-electron chi connectivity index (χ1n) is 2.61. The lowest BCUT2D eigenvalue weighted by molar-refractivity contribution is 0.496. The zero-order chi connectivity index (χ0) is 5.11. The van der Waals surface area contributed by atoms with E-state index in [4.69, 9.17) is 6.42 Å². The molecule has 0 aliphatic carbocycles. The largest absolute Gasteiger partial charge is 0.332 e. The van der Waals surface area contributed by atoms with E-state index in [0.29, 0.717) is 0 Å². The molecule has 1 heteroatoms. The maximum absolute atomic E-state index is 6.68. The molecule has 1 fully saturated rings. The highest BCUT2D eigenvalue weighted by Gasteiger charge is 2.05. The molecule has 1 saturated heterocycles. The van der Waals surface area contributed by atoms with Gasteiger partial charge >= 0.3 is 0 Å². The molecule has 0 bridgehead atoms. The van der Waals surface area contributed by atoms with Crippen LogP contribution in [0.2, 0.25) is 0 Å². The van der Waals surface area contributed by atoms with Crippen LogP contribution < -0.4 is 0 Å². The van der Waals surface area contributed by atoms with E-state index in [1.54, 1.807) is 0 Å². The molecule has 1 aliphatic rings. The third kappa shape index (κ3) is 0.866. The van der Waals surface area contributed by atoms with E-state index in [1.165, 1.54) is 12.8 Å². The van der Waals surface area contributed by atoms with Crippen molar-refractivity contribution in [1.29, 1.82) is 0 Å². The van der Waals surface area contributed by atoms with E-state index in [0.717, 1.165) is 13.1 Å². The van der Waals surface area contributed by atoms with Gasteiger partial charge in [0.2, 0.25) is 0 Å². The minimum absolute atomic E-state index is 1.05. The zero-order valence-electron chi connectivity index (χ0n) is 4.28. The van der Waals surface area contributed by atoms with Crippen molar-refractivity contribution < 1.29 is 0 Å². The van der Waals surface area contributed by atoms with Gasteiger partial charge in [-0.15, -0.1) is 0 Å². The van der Waals surface area contributed by atoms with Crippen LogP contribution >= 0.6 is 0 Å². The van der Waals surface area contributed by atoms with Gasteiger partial charge in [0.05, 0.1) is 0 Å². The first-order valence-corrected chi connectivity index (χ1v) is 2.61. The van der Waals surface area contributed by atoms with Gasteiger partial charge < -0.3 is 4.90 Å². The van der Waals surface area contributed by atoms with Gasteiger partial charge in [-0.25, -0.2) is 0 Å². The maximum atomic E-state index is 6.68. The summed E-state index contributed by atoms with van der Waals surface area (Å²) in [5.41, 5.74) is 0. The Balaban J connectivity index is 2.31. The van der Waals surface area contributed by atoms with Crippen molar-refractivity contribution in [2.45, 2.75) is 12.8 Å². The standard InChI is InChI=1S/C6H8N/c1-2-7-5-3-4-6-7/h3-6H2. The summed E-state index contributed by atoms with van der Waals surface area (Å²) in [7, 11) is 0. The molecule has 0 spiro atoms. The van der Waals surface area contributed by atoms with Gasteiger partial charge in [0.15, 0.2) is 0 Å². The third-order valence-electron chi connectivity index (χ3n) is 1.26. The molecule has 0 saturated carbocycles. The highest BCUT2D eigenvalue weighted by molar-refractivity contribution is 4.81. The minimum atomic E-state index is 1.05. The van der Waals surface area contributed by atoms with Crippen LogP contribution in [0.3, 0.4) is 0 Å². The van der Waals surface area contributed by atoms with Crippen LogP contribution in [0.25, 0.3) is 0 Å². The summed E-state index contributed by atoms with van der Waals surface area (Å²) in [6.07, 6.45) is 9.16. The lowest BCUT2D eigenvalue weighted by Crippen LogP contribution is -2.09. The van der Waals surface area contributed by atoms with Crippen LogP contribution in [0, 0.1) is 12.5 Å². The topological polar surface area (TPSA) is 3.24 Å². The summed E-state index contributed by atoms with van der Waals surface area (Å²) in [6.45, 7) is 2.09. The van der Waals surface area contributed by atoms with Gasteiger partial charge in [-0.2, -0.15) is 0 Å². The van der Waals surface area contributed by atoms with Crippen molar-refractivity contribution in [2.24, 2.45) is 0 Å². The van der Waals surface area contributed by atoms with Crippen LogP contribution in [0.15, 0.2) is 0 Å². The fourth-order valence-electron chi connectivity index (χ4n) is 0.829. The summed E-state index contributed by atoms with van der Waals surface area (Å²) in [5, 5.41) is 0. The molecule has 1 nitrogen and oxygen atoms in total. The van der Waals surface area contributed by atoms with Gasteiger partial charge in [0.25, 0.3) is 0 Å². The first kappa shape index (κ1) is 4.52. The van der Waals surface area contributed by atoms with Crippen LogP contribution in [-0.2, 0) is 0 Å². The zero-order valence-corrected chi connectivity index (χ0v) is 4.28. The molecular weight excluding hydrogens is 86.1 g/mol. The molecule has 0 unspecified atom stereocenters. The molecule has 0 aromatic rings. The Labute approximate surface area is 44.3 Å². The van der Waals surface area contributed by atoms with Gasteiger partial charge in [0.1, 0.15) is 0 Å². The number of nitrogens with zero attached hydrogens (tertiary/aromatic N) is 1. The van der Waals surface area contributed by atoms with Crippen LogP contribution in [0.5, 0.6) is 0 Å². The smallest absolute Gasteiger partial charge is 0.0261 e. The number of rotatable bonds is 0. The Morgan fingerprint density at radius 1 is 1.29 bits per heavy atom. The van der Waals surface area contributed by atoms with Gasteiger partial charge in [-0.3, -0.25) is 0 Å². The fourth-order valence-corrected chi connectivity index (χ4v) is 0.829. The van der Waals surface area contributed by atoms with Crippen molar-refractivity contribution in [3.05, 3.63) is 6.42 Å². The predicted octanol–water partition coefficient (Wildman–Crippen LogP) is 0.629. The van der Waals surface area contributed by atoms with Gasteiger partial charge in [-0.1, -0.05) is 0 Å². The molecule has 0 atom stereocenters. The molecule has 0 aromatic heterocycles. The molecule has 1 radical (unpaired) electrons. The second kappa shape index (κ2) is 1.88. The minimum Gasteiger partial charge on any atom is -0.332 e. The average molecular weight is 94.1 g/mol. The summed E-state index contributed by atoms with van der Waals surface area (Å²) in [5.74, 6) is 0. The summed E-state index contributed by atoms with van der Waals surface area (Å²) >= 11 is 0. The normalized spacial score (nSPS) is 19.6. The Kier molecular flexibility index (Phi) is 1.21. The van der Waals surface area contributed by atoms with Crippen molar-refractivity contribution in [2.75, 3.05) is 13.1 Å². The Morgan fingerprint density at radius 3 is 2.14 bits per heavy atom. The molecule has 1 aliphatic heterocycles. The highest BCUT2D eigenvalue weighted by Crippen LogP contribution is 2.03. The second-order valence-corrected chi connectivity index (χ2v) is 1.81. The van der Waals surface area contributed by atoms with Crippen molar-refractivity contribution in [1.82, 2.24) is 4.90 Å². The van der Waals surface area contributed by atoms with E-state index in [9.17, 15) is 0 Å². The fraction of sp³-hybridized carbons (Fsp3) is 0.667. The Hall–Kier alpha value is -0.640. The third-order valence-corrected chi connectivity index (χ3v) is 1.26. The van der Waals surface area contributed by atoms with Crippen LogP contribution in [0.1, 0.15) is 12.8 Å². The van der Waals surface area contributed by atoms with Crippen molar-refractivity contribution >= 4 is 0 Å². The molecule has 1 rings (SSSR count). The number of likely N-dealkylation sites (tertiary alicyclic amines) is 1. The average Bonchev–Trinajstić information content (AvgIpc) is 2.14. The summed E-state index contributed by atoms with van der Waals surface area (Å²) in [6, 6.07) is 2.35. The monoisotopic (exact) mass is 94.1 g/mol. The van der Waals surface area contributed by atoms with Gasteiger partial charge in [-0.05, 0) is 12.8 Å². The van der Waals surface area contributed by atoms with Crippen molar-refractivity contribution in [3.8, 4) is 6.04 Å². The molecule has 0 aromatic carbocycles. The Bertz CT molecular complexity index is 84.8. The molecule has 0 N–H and O–H groups in total. The molecule has 37 valence electrons. The van der Waals surface area contributed by atoms with Crippen molar-refractivity contribution in [3.63, 3.8) is 0 Å².